The van der Waals surface area contributed by atoms with E-state index in [9.17, 15) is 5.11 Å². The van der Waals surface area contributed by atoms with Gasteiger partial charge in [0.25, 0.3) is 0 Å². The van der Waals surface area contributed by atoms with Gasteiger partial charge in [0.2, 0.25) is 0 Å². The largest absolute Gasteiger partial charge is 0.389 e. The predicted molar refractivity (Wildman–Crippen MR) is 69.3 cm³/mol. The van der Waals surface area contributed by atoms with Crippen LogP contribution in [0.4, 0.5) is 0 Å². The van der Waals surface area contributed by atoms with Gasteiger partial charge in [0, 0.05) is 17.6 Å². The SMILES string of the molecule is OC1(CNCc2ccc(Br)cc2)CCCC1. The van der Waals surface area contributed by atoms with Gasteiger partial charge in [-0.1, -0.05) is 40.9 Å². The molecule has 0 aliphatic heterocycles. The topological polar surface area (TPSA) is 32.3 Å². The number of nitrogens with one attached hydrogen (secondary N) is 1. The van der Waals surface area contributed by atoms with E-state index in [4.69, 9.17) is 0 Å². The fourth-order valence-corrected chi connectivity index (χ4v) is 2.52. The van der Waals surface area contributed by atoms with Crippen molar-refractivity contribution in [1.82, 2.24) is 5.32 Å². The molecule has 0 bridgehead atoms. The summed E-state index contributed by atoms with van der Waals surface area (Å²) < 4.78 is 1.10. The highest BCUT2D eigenvalue weighted by atomic mass is 79.9. The van der Waals surface area contributed by atoms with Gasteiger partial charge < -0.3 is 10.4 Å². The van der Waals surface area contributed by atoms with E-state index in [-0.39, 0.29) is 0 Å². The Kier molecular flexibility index (Phi) is 4.00. The molecule has 2 N–H and O–H groups in total. The first-order valence-corrected chi connectivity index (χ1v) is 6.65. The van der Waals surface area contributed by atoms with E-state index in [0.29, 0.717) is 6.54 Å². The maximum atomic E-state index is 10.1. The van der Waals surface area contributed by atoms with Crippen LogP contribution in [-0.4, -0.2) is 17.3 Å². The molecule has 0 heterocycles. The zero-order chi connectivity index (χ0) is 11.4. The van der Waals surface area contributed by atoms with E-state index < -0.39 is 5.60 Å². The van der Waals surface area contributed by atoms with Gasteiger partial charge in [-0.05, 0) is 30.5 Å². The quantitative estimate of drug-likeness (QED) is 0.891. The molecular formula is C13H18BrNO. The molecule has 1 aliphatic rings. The molecule has 1 fully saturated rings. The summed E-state index contributed by atoms with van der Waals surface area (Å²) >= 11 is 3.42. The summed E-state index contributed by atoms with van der Waals surface area (Å²) in [5.74, 6) is 0. The molecule has 0 saturated heterocycles. The molecule has 0 aromatic heterocycles. The summed E-state index contributed by atoms with van der Waals surface area (Å²) in [5, 5.41) is 13.5. The molecule has 3 heteroatoms. The second-order valence-corrected chi connectivity index (χ2v) is 5.58. The van der Waals surface area contributed by atoms with Crippen molar-refractivity contribution in [3.05, 3.63) is 34.3 Å². The Balaban J connectivity index is 1.77. The molecule has 88 valence electrons. The van der Waals surface area contributed by atoms with Gasteiger partial charge in [-0.2, -0.15) is 0 Å². The first-order valence-electron chi connectivity index (χ1n) is 5.86. The molecule has 1 aromatic carbocycles. The van der Waals surface area contributed by atoms with E-state index in [1.165, 1.54) is 5.56 Å². The maximum absolute atomic E-state index is 10.1. The normalized spacial score (nSPS) is 18.9. The summed E-state index contributed by atoms with van der Waals surface area (Å²) in [4.78, 5) is 0. The number of hydrogen-bond acceptors (Lipinski definition) is 2. The second-order valence-electron chi connectivity index (χ2n) is 4.66. The molecule has 1 aliphatic carbocycles. The monoisotopic (exact) mass is 283 g/mol. The van der Waals surface area contributed by atoms with Crippen molar-refractivity contribution in [3.8, 4) is 0 Å². The van der Waals surface area contributed by atoms with Crippen LogP contribution in [0.2, 0.25) is 0 Å². The van der Waals surface area contributed by atoms with Crippen LogP contribution in [0.25, 0.3) is 0 Å². The Morgan fingerprint density at radius 1 is 1.19 bits per heavy atom. The summed E-state index contributed by atoms with van der Waals surface area (Å²) in [6, 6.07) is 8.27. The molecule has 1 saturated carbocycles. The predicted octanol–water partition coefficient (Wildman–Crippen LogP) is 2.84. The molecule has 1 aromatic rings. The third-order valence-corrected chi connectivity index (χ3v) is 3.76. The van der Waals surface area contributed by atoms with Crippen LogP contribution in [0.5, 0.6) is 0 Å². The van der Waals surface area contributed by atoms with Crippen molar-refractivity contribution in [2.45, 2.75) is 37.8 Å². The van der Waals surface area contributed by atoms with Crippen LogP contribution in [0, 0.1) is 0 Å². The zero-order valence-corrected chi connectivity index (χ0v) is 11.0. The summed E-state index contributed by atoms with van der Waals surface area (Å²) in [7, 11) is 0. The lowest BCUT2D eigenvalue weighted by Crippen LogP contribution is -2.37. The van der Waals surface area contributed by atoms with E-state index in [2.05, 4.69) is 33.4 Å². The van der Waals surface area contributed by atoms with Crippen LogP contribution in [0.3, 0.4) is 0 Å². The molecule has 0 radical (unpaired) electrons. The molecule has 2 rings (SSSR count). The Morgan fingerprint density at radius 2 is 1.81 bits per heavy atom. The Hall–Kier alpha value is -0.380. The van der Waals surface area contributed by atoms with Gasteiger partial charge in [-0.25, -0.2) is 0 Å². The molecule has 0 spiro atoms. The zero-order valence-electron chi connectivity index (χ0n) is 9.38. The fourth-order valence-electron chi connectivity index (χ4n) is 2.25. The minimum absolute atomic E-state index is 0.449. The van der Waals surface area contributed by atoms with Crippen molar-refractivity contribution in [2.24, 2.45) is 0 Å². The third kappa shape index (κ3) is 3.30. The van der Waals surface area contributed by atoms with Gasteiger partial charge >= 0.3 is 0 Å². The smallest absolute Gasteiger partial charge is 0.0771 e. The average molecular weight is 284 g/mol. The number of aliphatic hydroxyl groups is 1. The van der Waals surface area contributed by atoms with Crippen LogP contribution < -0.4 is 5.32 Å². The lowest BCUT2D eigenvalue weighted by Gasteiger charge is -2.22. The summed E-state index contributed by atoms with van der Waals surface area (Å²) in [6.07, 6.45) is 4.22. The fraction of sp³-hybridized carbons (Fsp3) is 0.538. The highest BCUT2D eigenvalue weighted by Crippen LogP contribution is 2.28. The van der Waals surface area contributed by atoms with Crippen molar-refractivity contribution in [2.75, 3.05) is 6.54 Å². The molecule has 2 nitrogen and oxygen atoms in total. The Morgan fingerprint density at radius 3 is 2.44 bits per heavy atom. The van der Waals surface area contributed by atoms with Gasteiger partial charge in [-0.15, -0.1) is 0 Å². The molecule has 0 amide bonds. The van der Waals surface area contributed by atoms with E-state index >= 15 is 0 Å². The highest BCUT2D eigenvalue weighted by Gasteiger charge is 2.30. The molecule has 0 atom stereocenters. The number of halogens is 1. The highest BCUT2D eigenvalue weighted by molar-refractivity contribution is 9.10. The third-order valence-electron chi connectivity index (χ3n) is 3.23. The summed E-state index contributed by atoms with van der Waals surface area (Å²) in [5.41, 5.74) is 0.805. The summed E-state index contributed by atoms with van der Waals surface area (Å²) in [6.45, 7) is 1.54. The minimum Gasteiger partial charge on any atom is -0.389 e. The van der Waals surface area contributed by atoms with Gasteiger partial charge in [0.1, 0.15) is 0 Å². The van der Waals surface area contributed by atoms with Crippen LogP contribution in [-0.2, 0) is 6.54 Å². The van der Waals surface area contributed by atoms with Gasteiger partial charge in [0.15, 0.2) is 0 Å². The van der Waals surface area contributed by atoms with Crippen LogP contribution >= 0.6 is 15.9 Å². The number of benzene rings is 1. The standard InChI is InChI=1S/C13H18BrNO/c14-12-5-3-11(4-6-12)9-15-10-13(16)7-1-2-8-13/h3-6,15-16H,1-2,7-10H2. The lowest BCUT2D eigenvalue weighted by molar-refractivity contribution is 0.0475. The van der Waals surface area contributed by atoms with Crippen molar-refractivity contribution in [3.63, 3.8) is 0 Å². The first kappa shape index (κ1) is 12.1. The number of rotatable bonds is 4. The Bertz CT molecular complexity index is 330. The minimum atomic E-state index is -0.449. The van der Waals surface area contributed by atoms with Gasteiger partial charge in [0.05, 0.1) is 5.60 Å². The first-order chi connectivity index (χ1) is 7.68. The van der Waals surface area contributed by atoms with E-state index in [1.54, 1.807) is 0 Å². The van der Waals surface area contributed by atoms with Crippen LogP contribution in [0.1, 0.15) is 31.2 Å². The average Bonchev–Trinajstić information content (AvgIpc) is 2.69. The van der Waals surface area contributed by atoms with E-state index in [1.807, 2.05) is 12.1 Å². The van der Waals surface area contributed by atoms with Crippen molar-refractivity contribution >= 4 is 15.9 Å². The lowest BCUT2D eigenvalue weighted by atomic mass is 10.0. The van der Waals surface area contributed by atoms with Crippen molar-refractivity contribution in [1.29, 1.82) is 0 Å². The molecule has 16 heavy (non-hydrogen) atoms. The van der Waals surface area contributed by atoms with Crippen LogP contribution in [0.15, 0.2) is 28.7 Å². The Labute approximate surface area is 105 Å². The van der Waals surface area contributed by atoms with Gasteiger partial charge in [-0.3, -0.25) is 0 Å². The maximum Gasteiger partial charge on any atom is 0.0771 e. The molecule has 0 unspecified atom stereocenters. The second kappa shape index (κ2) is 5.30. The molecular weight excluding hydrogens is 266 g/mol. The van der Waals surface area contributed by atoms with Crippen molar-refractivity contribution < 1.29 is 5.11 Å². The van der Waals surface area contributed by atoms with E-state index in [0.717, 1.165) is 36.7 Å². The number of hydrogen-bond donors (Lipinski definition) is 2.